The van der Waals surface area contributed by atoms with E-state index in [0.717, 1.165) is 62.5 Å². The molecule has 162 valence electrons. The van der Waals surface area contributed by atoms with Crippen molar-refractivity contribution in [2.24, 2.45) is 0 Å². The summed E-state index contributed by atoms with van der Waals surface area (Å²) < 4.78 is 1.86. The highest BCUT2D eigenvalue weighted by atomic mass is 16.2. The van der Waals surface area contributed by atoms with Gasteiger partial charge in [0.2, 0.25) is 0 Å². The van der Waals surface area contributed by atoms with E-state index in [1.54, 1.807) is 0 Å². The molecule has 2 aliphatic heterocycles. The van der Waals surface area contributed by atoms with Gasteiger partial charge < -0.3 is 9.80 Å². The van der Waals surface area contributed by atoms with E-state index in [1.807, 2.05) is 33.7 Å². The van der Waals surface area contributed by atoms with Crippen LogP contribution in [0.2, 0.25) is 0 Å². The third-order valence-electron chi connectivity index (χ3n) is 6.72. The zero-order chi connectivity index (χ0) is 21.4. The smallest absolute Gasteiger partial charge is 0.330 e. The van der Waals surface area contributed by atoms with Crippen molar-refractivity contribution in [1.82, 2.24) is 19.4 Å². The molecule has 1 amide bonds. The van der Waals surface area contributed by atoms with Crippen molar-refractivity contribution in [1.29, 1.82) is 0 Å². The van der Waals surface area contributed by atoms with Crippen molar-refractivity contribution in [2.45, 2.75) is 32.2 Å². The van der Waals surface area contributed by atoms with Crippen LogP contribution < -0.4 is 4.90 Å². The molecular formula is C25H31N5O. The van der Waals surface area contributed by atoms with E-state index in [2.05, 4.69) is 54.0 Å². The number of fused-ring (bicyclic) bond motifs is 3. The number of benzene rings is 2. The summed E-state index contributed by atoms with van der Waals surface area (Å²) in [6.45, 7) is 10.3. The predicted octanol–water partition coefficient (Wildman–Crippen LogP) is 4.02. The number of carbonyl (C=O) groups is 1. The summed E-state index contributed by atoms with van der Waals surface area (Å²) in [6, 6.07) is 18.9. The highest BCUT2D eigenvalue weighted by Gasteiger charge is 2.35. The largest absolute Gasteiger partial charge is 0.369 e. The summed E-state index contributed by atoms with van der Waals surface area (Å²) in [5.74, 6) is 1.20. The van der Waals surface area contributed by atoms with Gasteiger partial charge in [0.1, 0.15) is 5.82 Å². The molecule has 0 saturated carbocycles. The van der Waals surface area contributed by atoms with Crippen LogP contribution in [0.25, 0.3) is 11.0 Å². The molecule has 1 aromatic heterocycles. The number of aromatic nitrogens is 2. The van der Waals surface area contributed by atoms with Gasteiger partial charge in [0.05, 0.1) is 11.0 Å². The Morgan fingerprint density at radius 3 is 2.42 bits per heavy atom. The first-order valence-electron chi connectivity index (χ1n) is 11.4. The molecule has 0 N–H and O–H groups in total. The molecule has 0 aliphatic carbocycles. The topological polar surface area (TPSA) is 44.6 Å². The molecular weight excluding hydrogens is 386 g/mol. The third kappa shape index (κ3) is 3.81. The third-order valence-corrected chi connectivity index (χ3v) is 6.72. The number of para-hydroxylation sites is 3. The number of rotatable bonds is 5. The Bertz CT molecular complexity index is 1050. The molecule has 2 aliphatic rings. The molecule has 0 radical (unpaired) electrons. The fourth-order valence-electron chi connectivity index (χ4n) is 4.90. The summed E-state index contributed by atoms with van der Waals surface area (Å²) in [5.41, 5.74) is 3.15. The van der Waals surface area contributed by atoms with Gasteiger partial charge in [-0.2, -0.15) is 0 Å². The molecule has 0 spiro atoms. The van der Waals surface area contributed by atoms with Gasteiger partial charge >= 0.3 is 6.03 Å². The summed E-state index contributed by atoms with van der Waals surface area (Å²) in [5, 5.41) is 0. The van der Waals surface area contributed by atoms with Crippen LogP contribution in [0.5, 0.6) is 0 Å². The van der Waals surface area contributed by atoms with Gasteiger partial charge in [-0.25, -0.2) is 14.3 Å². The monoisotopic (exact) mass is 417 g/mol. The predicted molar refractivity (Wildman–Crippen MR) is 125 cm³/mol. The van der Waals surface area contributed by atoms with Crippen LogP contribution in [0.3, 0.4) is 0 Å². The zero-order valence-corrected chi connectivity index (χ0v) is 18.4. The van der Waals surface area contributed by atoms with Crippen LogP contribution >= 0.6 is 0 Å². The van der Waals surface area contributed by atoms with Crippen molar-refractivity contribution in [3.8, 4) is 0 Å². The second-order valence-corrected chi connectivity index (χ2v) is 8.97. The molecule has 1 unspecified atom stereocenters. The maximum atomic E-state index is 13.2. The molecule has 0 bridgehead atoms. The lowest BCUT2D eigenvalue weighted by Crippen LogP contribution is -2.49. The standard InChI is InChI=1S/C25H31N5O/c1-19(2)29-18-20(24-26-22-10-6-7-11-23(22)30(24)25(29)31)12-13-27-14-16-28(17-15-27)21-8-4-3-5-9-21/h3-11,19-20H,12-18H2,1-2H3. The van der Waals surface area contributed by atoms with Gasteiger partial charge in [0, 0.05) is 50.4 Å². The average Bonchev–Trinajstić information content (AvgIpc) is 3.20. The van der Waals surface area contributed by atoms with Crippen LogP contribution in [-0.4, -0.2) is 70.7 Å². The van der Waals surface area contributed by atoms with E-state index < -0.39 is 0 Å². The SMILES string of the molecule is CC(C)N1CC(CCN2CCN(c3ccccc3)CC2)c2nc3ccccc3n2C1=O. The van der Waals surface area contributed by atoms with Crippen molar-refractivity contribution in [3.05, 3.63) is 60.4 Å². The summed E-state index contributed by atoms with van der Waals surface area (Å²) in [6.07, 6.45) is 1.02. The first-order valence-corrected chi connectivity index (χ1v) is 11.4. The fourth-order valence-corrected chi connectivity index (χ4v) is 4.90. The Morgan fingerprint density at radius 1 is 0.968 bits per heavy atom. The first kappa shape index (κ1) is 20.1. The number of carbonyl (C=O) groups excluding carboxylic acids is 1. The molecule has 1 saturated heterocycles. The Kier molecular flexibility index (Phi) is 5.40. The fraction of sp³-hybridized carbons (Fsp3) is 0.440. The van der Waals surface area contributed by atoms with Gasteiger partial charge in [-0.05, 0) is 51.1 Å². The van der Waals surface area contributed by atoms with Crippen molar-refractivity contribution in [3.63, 3.8) is 0 Å². The molecule has 1 fully saturated rings. The molecule has 6 heteroatoms. The number of amides is 1. The van der Waals surface area contributed by atoms with Crippen LogP contribution in [0, 0.1) is 0 Å². The van der Waals surface area contributed by atoms with E-state index in [4.69, 9.17) is 4.98 Å². The lowest BCUT2D eigenvalue weighted by molar-refractivity contribution is 0.161. The zero-order valence-electron chi connectivity index (χ0n) is 18.4. The van der Waals surface area contributed by atoms with Crippen LogP contribution in [0.15, 0.2) is 54.6 Å². The molecule has 5 rings (SSSR count). The lowest BCUT2D eigenvalue weighted by atomic mass is 10.0. The van der Waals surface area contributed by atoms with Crippen LogP contribution in [-0.2, 0) is 0 Å². The summed E-state index contributed by atoms with van der Waals surface area (Å²) in [7, 11) is 0. The second kappa shape index (κ2) is 8.35. The molecule has 1 atom stereocenters. The summed E-state index contributed by atoms with van der Waals surface area (Å²) >= 11 is 0. The average molecular weight is 418 g/mol. The Labute approximate surface area is 184 Å². The minimum atomic E-state index is 0.0615. The van der Waals surface area contributed by atoms with Gasteiger partial charge in [-0.3, -0.25) is 4.90 Å². The number of hydrogen-bond donors (Lipinski definition) is 0. The maximum absolute atomic E-state index is 13.2. The van der Waals surface area contributed by atoms with Gasteiger partial charge in [0.25, 0.3) is 0 Å². The minimum Gasteiger partial charge on any atom is -0.369 e. The number of anilines is 1. The first-order chi connectivity index (χ1) is 15.1. The number of piperazine rings is 1. The van der Waals surface area contributed by atoms with Crippen molar-refractivity contribution >= 4 is 22.8 Å². The van der Waals surface area contributed by atoms with Crippen molar-refractivity contribution < 1.29 is 4.79 Å². The Balaban J connectivity index is 1.30. The van der Waals surface area contributed by atoms with Gasteiger partial charge in [0.15, 0.2) is 0 Å². The number of imidazole rings is 1. The Hall–Kier alpha value is -2.86. The molecule has 3 heterocycles. The van der Waals surface area contributed by atoms with E-state index in [9.17, 15) is 4.79 Å². The van der Waals surface area contributed by atoms with Gasteiger partial charge in [-0.1, -0.05) is 30.3 Å². The van der Waals surface area contributed by atoms with E-state index in [1.165, 1.54) is 5.69 Å². The van der Waals surface area contributed by atoms with Crippen molar-refractivity contribution in [2.75, 3.05) is 44.2 Å². The van der Waals surface area contributed by atoms with E-state index in [-0.39, 0.29) is 18.0 Å². The van der Waals surface area contributed by atoms with E-state index in [0.29, 0.717) is 0 Å². The Morgan fingerprint density at radius 2 is 1.68 bits per heavy atom. The maximum Gasteiger partial charge on any atom is 0.330 e. The van der Waals surface area contributed by atoms with E-state index >= 15 is 0 Å². The highest BCUT2D eigenvalue weighted by molar-refractivity contribution is 5.91. The molecule has 3 aromatic rings. The lowest BCUT2D eigenvalue weighted by Gasteiger charge is -2.38. The number of hydrogen-bond acceptors (Lipinski definition) is 4. The summed E-state index contributed by atoms with van der Waals surface area (Å²) in [4.78, 5) is 25.1. The number of nitrogens with zero attached hydrogens (tertiary/aromatic N) is 5. The van der Waals surface area contributed by atoms with Crippen LogP contribution in [0.1, 0.15) is 32.0 Å². The highest BCUT2D eigenvalue weighted by Crippen LogP contribution is 2.31. The molecule has 31 heavy (non-hydrogen) atoms. The second-order valence-electron chi connectivity index (χ2n) is 8.97. The quantitative estimate of drug-likeness (QED) is 0.629. The van der Waals surface area contributed by atoms with Gasteiger partial charge in [-0.15, -0.1) is 0 Å². The molecule has 6 nitrogen and oxygen atoms in total. The normalized spacial score (nSPS) is 20.0. The minimum absolute atomic E-state index is 0.0615. The molecule has 2 aromatic carbocycles. The van der Waals surface area contributed by atoms with Crippen LogP contribution in [0.4, 0.5) is 10.5 Å².